The molecule has 0 radical (unpaired) electrons. The summed E-state index contributed by atoms with van der Waals surface area (Å²) in [6.45, 7) is 3.65. The topological polar surface area (TPSA) is 94.5 Å². The molecule has 1 aromatic heterocycles. The minimum Gasteiger partial charge on any atom is -0.486 e. The van der Waals surface area contributed by atoms with Crippen LogP contribution in [0.2, 0.25) is 0 Å². The van der Waals surface area contributed by atoms with Crippen molar-refractivity contribution in [3.63, 3.8) is 0 Å². The second kappa shape index (κ2) is 9.73. The highest BCUT2D eigenvalue weighted by molar-refractivity contribution is 7.99. The van der Waals surface area contributed by atoms with E-state index >= 15 is 0 Å². The molecule has 3 aromatic rings. The number of amides is 3. The van der Waals surface area contributed by atoms with Gasteiger partial charge in [0.1, 0.15) is 19.0 Å². The van der Waals surface area contributed by atoms with Gasteiger partial charge in [-0.2, -0.15) is 0 Å². The normalized spacial score (nSPS) is 12.3. The molecule has 32 heavy (non-hydrogen) atoms. The molecule has 1 aliphatic rings. The number of thioether (sulfide) groups is 1. The van der Waals surface area contributed by atoms with E-state index in [1.807, 2.05) is 29.7 Å². The number of imidazole rings is 1. The Labute approximate surface area is 188 Å². The maximum Gasteiger partial charge on any atom is 0.325 e. The third kappa shape index (κ3) is 4.86. The fourth-order valence-electron chi connectivity index (χ4n) is 3.22. The maximum atomic E-state index is 13.6. The number of urea groups is 1. The lowest BCUT2D eigenvalue weighted by Crippen LogP contribution is -2.35. The van der Waals surface area contributed by atoms with Crippen molar-refractivity contribution in [1.82, 2.24) is 14.9 Å². The summed E-state index contributed by atoms with van der Waals surface area (Å²) in [5.74, 6) is 0.272. The number of imide groups is 1. The quantitative estimate of drug-likeness (QED) is 0.546. The Morgan fingerprint density at radius 2 is 1.94 bits per heavy atom. The van der Waals surface area contributed by atoms with E-state index in [1.54, 1.807) is 12.3 Å². The van der Waals surface area contributed by atoms with Crippen molar-refractivity contribution in [2.75, 3.05) is 24.3 Å². The molecule has 0 saturated carbocycles. The van der Waals surface area contributed by atoms with Gasteiger partial charge in [-0.3, -0.25) is 10.1 Å². The first-order valence-electron chi connectivity index (χ1n) is 9.99. The SMILES string of the molecule is CCn1c(-c2ccc3c(c2)OCCO3)cnc1SCC(=O)NC(=O)Nc1ccccc1F. The van der Waals surface area contributed by atoms with Crippen molar-refractivity contribution in [1.29, 1.82) is 0 Å². The molecule has 2 aromatic carbocycles. The zero-order chi connectivity index (χ0) is 22.5. The highest BCUT2D eigenvalue weighted by Crippen LogP contribution is 2.35. The van der Waals surface area contributed by atoms with Gasteiger partial charge in [0, 0.05) is 12.1 Å². The number of ether oxygens (including phenoxy) is 2. The summed E-state index contributed by atoms with van der Waals surface area (Å²) >= 11 is 1.21. The van der Waals surface area contributed by atoms with Crippen LogP contribution in [0.5, 0.6) is 11.5 Å². The summed E-state index contributed by atoms with van der Waals surface area (Å²) < 4.78 is 26.8. The van der Waals surface area contributed by atoms with Gasteiger partial charge in [0.25, 0.3) is 0 Å². The van der Waals surface area contributed by atoms with Crippen LogP contribution >= 0.6 is 11.8 Å². The van der Waals surface area contributed by atoms with Crippen LogP contribution < -0.4 is 20.1 Å². The number of nitrogens with one attached hydrogen (secondary N) is 2. The van der Waals surface area contributed by atoms with E-state index in [-0.39, 0.29) is 11.4 Å². The minimum atomic E-state index is -0.795. The first-order valence-corrected chi connectivity index (χ1v) is 11.0. The summed E-state index contributed by atoms with van der Waals surface area (Å²) in [6.07, 6.45) is 1.74. The largest absolute Gasteiger partial charge is 0.486 e. The molecule has 0 bridgehead atoms. The number of halogens is 1. The van der Waals surface area contributed by atoms with Crippen LogP contribution in [-0.4, -0.2) is 40.5 Å². The molecule has 8 nitrogen and oxygen atoms in total. The number of hydrogen-bond acceptors (Lipinski definition) is 6. The lowest BCUT2D eigenvalue weighted by Gasteiger charge is -2.19. The summed E-state index contributed by atoms with van der Waals surface area (Å²) in [5, 5.41) is 5.15. The van der Waals surface area contributed by atoms with Gasteiger partial charge in [0.05, 0.1) is 23.3 Å². The Kier molecular flexibility index (Phi) is 6.60. The van der Waals surface area contributed by atoms with Gasteiger partial charge in [0.2, 0.25) is 5.91 Å². The van der Waals surface area contributed by atoms with Crippen LogP contribution in [0.4, 0.5) is 14.9 Å². The number of carbonyl (C=O) groups excluding carboxylic acids is 2. The van der Waals surface area contributed by atoms with E-state index in [1.165, 1.54) is 30.0 Å². The van der Waals surface area contributed by atoms with E-state index < -0.39 is 17.8 Å². The number of fused-ring (bicyclic) bond motifs is 1. The van der Waals surface area contributed by atoms with Crippen molar-refractivity contribution >= 4 is 29.4 Å². The number of para-hydroxylation sites is 1. The minimum absolute atomic E-state index is 0.00366. The molecule has 2 heterocycles. The average molecular weight is 456 g/mol. The van der Waals surface area contributed by atoms with Crippen LogP contribution in [0.3, 0.4) is 0 Å². The number of nitrogens with zero attached hydrogens (tertiary/aromatic N) is 2. The summed E-state index contributed by atoms with van der Waals surface area (Å²) in [5.41, 5.74) is 1.80. The van der Waals surface area contributed by atoms with Crippen molar-refractivity contribution in [2.24, 2.45) is 0 Å². The lowest BCUT2D eigenvalue weighted by molar-refractivity contribution is -0.117. The summed E-state index contributed by atoms with van der Waals surface area (Å²) in [4.78, 5) is 28.6. The predicted octanol–water partition coefficient (Wildman–Crippen LogP) is 3.92. The van der Waals surface area contributed by atoms with Crippen molar-refractivity contribution in [2.45, 2.75) is 18.6 Å². The van der Waals surface area contributed by atoms with Crippen molar-refractivity contribution < 1.29 is 23.5 Å². The van der Waals surface area contributed by atoms with Crippen molar-refractivity contribution in [3.8, 4) is 22.8 Å². The number of rotatable bonds is 6. The molecular formula is C22H21FN4O4S. The monoisotopic (exact) mass is 456 g/mol. The number of anilines is 1. The molecule has 1 aliphatic heterocycles. The zero-order valence-corrected chi connectivity index (χ0v) is 18.1. The molecular weight excluding hydrogens is 435 g/mol. The molecule has 0 unspecified atom stereocenters. The van der Waals surface area contributed by atoms with Gasteiger partial charge in [0.15, 0.2) is 16.7 Å². The van der Waals surface area contributed by atoms with Crippen LogP contribution in [0.15, 0.2) is 53.8 Å². The lowest BCUT2D eigenvalue weighted by atomic mass is 10.1. The third-order valence-electron chi connectivity index (χ3n) is 4.68. The maximum absolute atomic E-state index is 13.6. The van der Waals surface area contributed by atoms with Gasteiger partial charge in [-0.25, -0.2) is 14.2 Å². The van der Waals surface area contributed by atoms with E-state index in [0.717, 1.165) is 11.3 Å². The van der Waals surface area contributed by atoms with E-state index in [4.69, 9.17) is 9.47 Å². The van der Waals surface area contributed by atoms with Crippen LogP contribution in [0, 0.1) is 5.82 Å². The number of benzene rings is 2. The van der Waals surface area contributed by atoms with Gasteiger partial charge in [-0.1, -0.05) is 23.9 Å². The van der Waals surface area contributed by atoms with Gasteiger partial charge in [-0.15, -0.1) is 0 Å². The smallest absolute Gasteiger partial charge is 0.325 e. The first-order chi connectivity index (χ1) is 15.5. The second-order valence-corrected chi connectivity index (χ2v) is 7.74. The van der Waals surface area contributed by atoms with Gasteiger partial charge >= 0.3 is 6.03 Å². The number of hydrogen-bond donors (Lipinski definition) is 2. The van der Waals surface area contributed by atoms with Gasteiger partial charge in [-0.05, 0) is 37.3 Å². The van der Waals surface area contributed by atoms with E-state index in [2.05, 4.69) is 15.6 Å². The Morgan fingerprint density at radius 1 is 1.16 bits per heavy atom. The molecule has 0 saturated heterocycles. The molecule has 0 fully saturated rings. The third-order valence-corrected chi connectivity index (χ3v) is 5.67. The predicted molar refractivity (Wildman–Crippen MR) is 119 cm³/mol. The fraction of sp³-hybridized carbons (Fsp3) is 0.227. The molecule has 3 amide bonds. The van der Waals surface area contributed by atoms with Crippen LogP contribution in [-0.2, 0) is 11.3 Å². The Morgan fingerprint density at radius 3 is 2.72 bits per heavy atom. The molecule has 0 aliphatic carbocycles. The van der Waals surface area contributed by atoms with E-state index in [0.29, 0.717) is 36.4 Å². The summed E-state index contributed by atoms with van der Waals surface area (Å²) in [6, 6.07) is 10.6. The Bertz CT molecular complexity index is 1150. The number of aromatic nitrogens is 2. The standard InChI is InChI=1S/C22H21FN4O4S/c1-2-27-17(14-7-8-18-19(11-14)31-10-9-30-18)12-24-22(27)32-13-20(28)26-21(29)25-16-6-4-3-5-15(16)23/h3-8,11-12H,2,9-10,13H2,1H3,(H2,25,26,28,29). The fourth-order valence-corrected chi connectivity index (χ4v) is 4.06. The zero-order valence-electron chi connectivity index (χ0n) is 17.3. The summed E-state index contributed by atoms with van der Waals surface area (Å²) in [7, 11) is 0. The first kappa shape index (κ1) is 21.7. The second-order valence-electron chi connectivity index (χ2n) is 6.80. The highest BCUT2D eigenvalue weighted by Gasteiger charge is 2.17. The molecule has 4 rings (SSSR count). The van der Waals surface area contributed by atoms with Crippen LogP contribution in [0.1, 0.15) is 6.92 Å². The molecule has 2 N–H and O–H groups in total. The molecule has 166 valence electrons. The van der Waals surface area contributed by atoms with Crippen LogP contribution in [0.25, 0.3) is 11.3 Å². The molecule has 0 atom stereocenters. The Balaban J connectivity index is 1.39. The average Bonchev–Trinajstić information content (AvgIpc) is 3.22. The van der Waals surface area contributed by atoms with Crippen molar-refractivity contribution in [3.05, 3.63) is 54.5 Å². The highest BCUT2D eigenvalue weighted by atomic mass is 32.2. The Hall–Kier alpha value is -3.53. The molecule has 0 spiro atoms. The molecule has 10 heteroatoms. The van der Waals surface area contributed by atoms with E-state index in [9.17, 15) is 14.0 Å². The number of carbonyl (C=O) groups is 2. The van der Waals surface area contributed by atoms with Gasteiger partial charge < -0.3 is 19.4 Å².